The van der Waals surface area contributed by atoms with Gasteiger partial charge in [-0.25, -0.2) is 0 Å². The molecule has 0 aromatic heterocycles. The van der Waals surface area contributed by atoms with Gasteiger partial charge in [0, 0.05) is 17.8 Å². The van der Waals surface area contributed by atoms with Crippen LogP contribution in [0.15, 0.2) is 42.5 Å². The highest BCUT2D eigenvalue weighted by atomic mass is 16.5. The van der Waals surface area contributed by atoms with Gasteiger partial charge >= 0.3 is 0 Å². The van der Waals surface area contributed by atoms with Crippen LogP contribution in [0.3, 0.4) is 0 Å². The third kappa shape index (κ3) is 3.42. The van der Waals surface area contributed by atoms with Gasteiger partial charge in [-0.05, 0) is 35.9 Å². The van der Waals surface area contributed by atoms with E-state index in [9.17, 15) is 5.11 Å². The van der Waals surface area contributed by atoms with Crippen molar-refractivity contribution in [3.8, 4) is 11.5 Å². The van der Waals surface area contributed by atoms with Crippen molar-refractivity contribution in [2.24, 2.45) is 0 Å². The summed E-state index contributed by atoms with van der Waals surface area (Å²) in [6.07, 6.45) is 0. The number of anilines is 1. The molecule has 2 N–H and O–H groups in total. The predicted octanol–water partition coefficient (Wildman–Crippen LogP) is 2.81. The average Bonchev–Trinajstić information content (AvgIpc) is 2.53. The van der Waals surface area contributed by atoms with Crippen molar-refractivity contribution in [2.75, 3.05) is 19.5 Å². The van der Waals surface area contributed by atoms with Gasteiger partial charge in [-0.1, -0.05) is 12.1 Å². The van der Waals surface area contributed by atoms with Crippen LogP contribution in [0.1, 0.15) is 11.1 Å². The monoisotopic (exact) mass is 273 g/mol. The summed E-state index contributed by atoms with van der Waals surface area (Å²) in [7, 11) is 3.26. The quantitative estimate of drug-likeness (QED) is 0.849. The third-order valence-electron chi connectivity index (χ3n) is 3.12. The normalized spacial score (nSPS) is 10.2. The van der Waals surface area contributed by atoms with Crippen LogP contribution < -0.4 is 14.8 Å². The number of hydrogen-bond acceptors (Lipinski definition) is 4. The Labute approximate surface area is 119 Å². The van der Waals surface area contributed by atoms with E-state index in [1.54, 1.807) is 14.2 Å². The molecule has 106 valence electrons. The lowest BCUT2D eigenvalue weighted by atomic mass is 10.1. The van der Waals surface area contributed by atoms with E-state index < -0.39 is 0 Å². The van der Waals surface area contributed by atoms with E-state index >= 15 is 0 Å². The lowest BCUT2D eigenvalue weighted by Crippen LogP contribution is -2.03. The number of aliphatic hydroxyl groups excluding tert-OH is 1. The second-order valence-corrected chi connectivity index (χ2v) is 4.38. The van der Waals surface area contributed by atoms with Crippen LogP contribution in [0.25, 0.3) is 0 Å². The third-order valence-corrected chi connectivity index (χ3v) is 3.12. The van der Waals surface area contributed by atoms with Crippen LogP contribution in [0.5, 0.6) is 11.5 Å². The Balaban J connectivity index is 2.05. The molecule has 0 radical (unpaired) electrons. The fraction of sp³-hybridized carbons (Fsp3) is 0.250. The van der Waals surface area contributed by atoms with Crippen molar-refractivity contribution in [3.05, 3.63) is 53.6 Å². The first-order valence-electron chi connectivity index (χ1n) is 6.41. The predicted molar refractivity (Wildman–Crippen MR) is 79.2 cm³/mol. The maximum absolute atomic E-state index is 9.39. The molecule has 0 spiro atoms. The van der Waals surface area contributed by atoms with Gasteiger partial charge in [0.1, 0.15) is 11.5 Å². The summed E-state index contributed by atoms with van der Waals surface area (Å²) in [5, 5.41) is 12.7. The Morgan fingerprint density at radius 1 is 0.950 bits per heavy atom. The molecule has 0 aliphatic carbocycles. The molecule has 0 saturated carbocycles. The standard InChI is InChI=1S/C16H19NO3/c1-19-14-5-3-12(4-6-14)10-17-16-8-7-15(20-2)9-13(16)11-18/h3-9,17-18H,10-11H2,1-2H3. The van der Waals surface area contributed by atoms with Gasteiger partial charge < -0.3 is 19.9 Å². The van der Waals surface area contributed by atoms with Crippen LogP contribution >= 0.6 is 0 Å². The highest BCUT2D eigenvalue weighted by Gasteiger charge is 2.03. The zero-order valence-electron chi connectivity index (χ0n) is 11.7. The molecular formula is C16H19NO3. The summed E-state index contributed by atoms with van der Waals surface area (Å²) in [5.41, 5.74) is 2.87. The SMILES string of the molecule is COc1ccc(CNc2ccc(OC)cc2CO)cc1. The zero-order chi connectivity index (χ0) is 14.4. The summed E-state index contributed by atoms with van der Waals surface area (Å²) in [6, 6.07) is 13.5. The molecule has 20 heavy (non-hydrogen) atoms. The van der Waals surface area contributed by atoms with Crippen molar-refractivity contribution in [1.29, 1.82) is 0 Å². The number of nitrogens with one attached hydrogen (secondary N) is 1. The van der Waals surface area contributed by atoms with E-state index in [-0.39, 0.29) is 6.61 Å². The molecule has 2 rings (SSSR count). The van der Waals surface area contributed by atoms with Crippen LogP contribution in [0, 0.1) is 0 Å². The van der Waals surface area contributed by atoms with Crippen molar-refractivity contribution >= 4 is 5.69 Å². The highest BCUT2D eigenvalue weighted by molar-refractivity contribution is 5.54. The molecule has 4 nitrogen and oxygen atoms in total. The number of ether oxygens (including phenoxy) is 2. The van der Waals surface area contributed by atoms with Crippen LogP contribution in [0.4, 0.5) is 5.69 Å². The number of rotatable bonds is 6. The van der Waals surface area contributed by atoms with Crippen molar-refractivity contribution < 1.29 is 14.6 Å². The second-order valence-electron chi connectivity index (χ2n) is 4.38. The van der Waals surface area contributed by atoms with E-state index in [0.29, 0.717) is 6.54 Å². The van der Waals surface area contributed by atoms with Gasteiger partial charge in [0.05, 0.1) is 20.8 Å². The summed E-state index contributed by atoms with van der Waals surface area (Å²) in [5.74, 6) is 1.58. The Morgan fingerprint density at radius 2 is 1.60 bits per heavy atom. The minimum absolute atomic E-state index is 0.0256. The van der Waals surface area contributed by atoms with Crippen LogP contribution in [0.2, 0.25) is 0 Å². The molecule has 0 heterocycles. The minimum Gasteiger partial charge on any atom is -0.497 e. The minimum atomic E-state index is -0.0256. The molecule has 0 atom stereocenters. The molecule has 0 unspecified atom stereocenters. The lowest BCUT2D eigenvalue weighted by molar-refractivity contribution is 0.281. The average molecular weight is 273 g/mol. The topological polar surface area (TPSA) is 50.7 Å². The number of hydrogen-bond donors (Lipinski definition) is 2. The van der Waals surface area contributed by atoms with Gasteiger partial charge in [-0.15, -0.1) is 0 Å². The number of benzene rings is 2. The Kier molecular flexibility index (Phi) is 4.85. The first-order chi connectivity index (χ1) is 9.76. The first kappa shape index (κ1) is 14.2. The van der Waals surface area contributed by atoms with Gasteiger partial charge in [-0.3, -0.25) is 0 Å². The largest absolute Gasteiger partial charge is 0.497 e. The summed E-state index contributed by atoms with van der Waals surface area (Å²) >= 11 is 0. The Hall–Kier alpha value is -2.20. The smallest absolute Gasteiger partial charge is 0.119 e. The van der Waals surface area contributed by atoms with Crippen molar-refractivity contribution in [2.45, 2.75) is 13.2 Å². The van der Waals surface area contributed by atoms with Gasteiger partial charge in [0.25, 0.3) is 0 Å². The molecular weight excluding hydrogens is 254 g/mol. The molecule has 2 aromatic rings. The zero-order valence-corrected chi connectivity index (χ0v) is 11.7. The van der Waals surface area contributed by atoms with Crippen LogP contribution in [-0.4, -0.2) is 19.3 Å². The summed E-state index contributed by atoms with van der Waals surface area (Å²) in [6.45, 7) is 0.658. The Bertz CT molecular complexity index is 552. The van der Waals surface area contributed by atoms with E-state index in [4.69, 9.17) is 9.47 Å². The van der Waals surface area contributed by atoms with Gasteiger partial charge in [-0.2, -0.15) is 0 Å². The van der Waals surface area contributed by atoms with Crippen LogP contribution in [-0.2, 0) is 13.2 Å². The molecule has 0 amide bonds. The maximum Gasteiger partial charge on any atom is 0.119 e. The van der Waals surface area contributed by atoms with Gasteiger partial charge in [0.2, 0.25) is 0 Å². The number of methoxy groups -OCH3 is 2. The molecule has 0 aliphatic rings. The van der Waals surface area contributed by atoms with Crippen molar-refractivity contribution in [3.63, 3.8) is 0 Å². The summed E-state index contributed by atoms with van der Waals surface area (Å²) < 4.78 is 10.3. The fourth-order valence-electron chi connectivity index (χ4n) is 1.94. The number of aliphatic hydroxyl groups is 1. The molecule has 2 aromatic carbocycles. The molecule has 0 fully saturated rings. The lowest BCUT2D eigenvalue weighted by Gasteiger charge is -2.12. The summed E-state index contributed by atoms with van der Waals surface area (Å²) in [4.78, 5) is 0. The molecule has 4 heteroatoms. The fourth-order valence-corrected chi connectivity index (χ4v) is 1.94. The molecule has 0 aliphatic heterocycles. The van der Waals surface area contributed by atoms with Gasteiger partial charge in [0.15, 0.2) is 0 Å². The Morgan fingerprint density at radius 3 is 2.20 bits per heavy atom. The van der Waals surface area contributed by atoms with E-state index in [1.165, 1.54) is 0 Å². The highest BCUT2D eigenvalue weighted by Crippen LogP contribution is 2.23. The first-order valence-corrected chi connectivity index (χ1v) is 6.41. The van der Waals surface area contributed by atoms with E-state index in [0.717, 1.165) is 28.3 Å². The van der Waals surface area contributed by atoms with E-state index in [2.05, 4.69) is 5.32 Å². The van der Waals surface area contributed by atoms with Crippen molar-refractivity contribution in [1.82, 2.24) is 0 Å². The second kappa shape index (κ2) is 6.82. The maximum atomic E-state index is 9.39. The molecule has 0 bridgehead atoms. The van der Waals surface area contributed by atoms with E-state index in [1.807, 2.05) is 42.5 Å². The molecule has 0 saturated heterocycles.